The number of anilines is 1. The maximum atomic E-state index is 5.62. The number of hydrogen-bond acceptors (Lipinski definition) is 3. The molecule has 0 amide bonds. The first-order valence-electron chi connectivity index (χ1n) is 5.20. The molecule has 0 aromatic carbocycles. The van der Waals surface area contributed by atoms with Crippen molar-refractivity contribution in [1.29, 1.82) is 0 Å². The minimum Gasteiger partial charge on any atom is -0.384 e. The van der Waals surface area contributed by atoms with Crippen molar-refractivity contribution in [3.63, 3.8) is 0 Å². The topological polar surface area (TPSA) is 50.9 Å². The molecule has 1 aromatic rings. The lowest BCUT2D eigenvalue weighted by atomic mass is 10.1. The Morgan fingerprint density at radius 2 is 2.29 bits per heavy atom. The van der Waals surface area contributed by atoms with E-state index in [0.717, 1.165) is 19.4 Å². The molecule has 0 radical (unpaired) electrons. The molecule has 14 heavy (non-hydrogen) atoms. The van der Waals surface area contributed by atoms with Gasteiger partial charge in [-0.1, -0.05) is 13.8 Å². The Hall–Kier alpha value is -1.09. The first kappa shape index (κ1) is 11.0. The van der Waals surface area contributed by atoms with Gasteiger partial charge < -0.3 is 11.1 Å². The Morgan fingerprint density at radius 1 is 1.50 bits per heavy atom. The smallest absolute Gasteiger partial charge is 0.123 e. The van der Waals surface area contributed by atoms with Crippen LogP contribution >= 0.6 is 0 Å². The third-order valence-corrected chi connectivity index (χ3v) is 2.31. The van der Waals surface area contributed by atoms with Crippen molar-refractivity contribution in [3.05, 3.63) is 23.9 Å². The van der Waals surface area contributed by atoms with E-state index in [-0.39, 0.29) is 0 Å². The molecule has 0 saturated carbocycles. The summed E-state index contributed by atoms with van der Waals surface area (Å²) in [6.45, 7) is 5.33. The van der Waals surface area contributed by atoms with Crippen LogP contribution in [0.15, 0.2) is 18.3 Å². The van der Waals surface area contributed by atoms with Gasteiger partial charge in [0.25, 0.3) is 0 Å². The first-order chi connectivity index (χ1) is 6.76. The second kappa shape index (κ2) is 5.60. The van der Waals surface area contributed by atoms with Crippen LogP contribution in [0.5, 0.6) is 0 Å². The molecule has 0 fully saturated rings. The molecule has 0 spiro atoms. The van der Waals surface area contributed by atoms with Crippen LogP contribution in [0.4, 0.5) is 5.82 Å². The molecule has 1 unspecified atom stereocenters. The SMILES string of the molecule is CCNC(CC)Cc1ccnc(N)c1. The zero-order valence-corrected chi connectivity index (χ0v) is 8.96. The Bertz CT molecular complexity index is 273. The summed E-state index contributed by atoms with van der Waals surface area (Å²) in [7, 11) is 0. The van der Waals surface area contributed by atoms with Gasteiger partial charge in [-0.15, -0.1) is 0 Å². The number of likely N-dealkylation sites (N-methyl/N-ethyl adjacent to an activating group) is 1. The standard InChI is InChI=1S/C11H19N3/c1-3-10(13-4-2)7-9-5-6-14-11(12)8-9/h5-6,8,10,13H,3-4,7H2,1-2H3,(H2,12,14). The average Bonchev–Trinajstić information content (AvgIpc) is 2.17. The van der Waals surface area contributed by atoms with Crippen LogP contribution in [-0.2, 0) is 6.42 Å². The quantitative estimate of drug-likeness (QED) is 0.746. The zero-order chi connectivity index (χ0) is 10.4. The summed E-state index contributed by atoms with van der Waals surface area (Å²) < 4.78 is 0. The van der Waals surface area contributed by atoms with Gasteiger partial charge in [-0.05, 0) is 37.1 Å². The van der Waals surface area contributed by atoms with E-state index >= 15 is 0 Å². The maximum absolute atomic E-state index is 5.62. The highest BCUT2D eigenvalue weighted by Gasteiger charge is 2.05. The van der Waals surface area contributed by atoms with Crippen LogP contribution in [-0.4, -0.2) is 17.6 Å². The molecule has 3 N–H and O–H groups in total. The van der Waals surface area contributed by atoms with E-state index in [1.165, 1.54) is 5.56 Å². The lowest BCUT2D eigenvalue weighted by Crippen LogP contribution is -2.30. The number of nitrogens with zero attached hydrogens (tertiary/aromatic N) is 1. The van der Waals surface area contributed by atoms with Crippen molar-refractivity contribution < 1.29 is 0 Å². The van der Waals surface area contributed by atoms with Crippen LogP contribution in [0.2, 0.25) is 0 Å². The summed E-state index contributed by atoms with van der Waals surface area (Å²) in [5.74, 6) is 0.605. The number of hydrogen-bond donors (Lipinski definition) is 2. The van der Waals surface area contributed by atoms with Crippen LogP contribution in [0.1, 0.15) is 25.8 Å². The third-order valence-electron chi connectivity index (χ3n) is 2.31. The Kier molecular flexibility index (Phi) is 4.40. The van der Waals surface area contributed by atoms with Gasteiger partial charge in [0.1, 0.15) is 5.82 Å². The molecule has 0 bridgehead atoms. The zero-order valence-electron chi connectivity index (χ0n) is 8.96. The van der Waals surface area contributed by atoms with E-state index in [1.807, 2.05) is 12.1 Å². The van der Waals surface area contributed by atoms with E-state index < -0.39 is 0 Å². The molecule has 1 rings (SSSR count). The summed E-state index contributed by atoms with van der Waals surface area (Å²) in [5, 5.41) is 3.44. The van der Waals surface area contributed by atoms with Crippen molar-refractivity contribution in [2.75, 3.05) is 12.3 Å². The normalized spacial score (nSPS) is 12.7. The van der Waals surface area contributed by atoms with Gasteiger partial charge in [-0.2, -0.15) is 0 Å². The first-order valence-corrected chi connectivity index (χ1v) is 5.20. The molecule has 0 saturated heterocycles. The fourth-order valence-electron chi connectivity index (χ4n) is 1.56. The van der Waals surface area contributed by atoms with Gasteiger partial charge in [0.05, 0.1) is 0 Å². The number of nitrogen functional groups attached to an aromatic ring is 1. The van der Waals surface area contributed by atoms with E-state index in [0.29, 0.717) is 11.9 Å². The van der Waals surface area contributed by atoms with Gasteiger partial charge >= 0.3 is 0 Å². The van der Waals surface area contributed by atoms with Crippen molar-refractivity contribution in [2.24, 2.45) is 0 Å². The molecular formula is C11H19N3. The van der Waals surface area contributed by atoms with Crippen molar-refractivity contribution in [2.45, 2.75) is 32.7 Å². The van der Waals surface area contributed by atoms with Crippen molar-refractivity contribution in [3.8, 4) is 0 Å². The Morgan fingerprint density at radius 3 is 2.86 bits per heavy atom. The molecule has 1 heterocycles. The van der Waals surface area contributed by atoms with Crippen LogP contribution < -0.4 is 11.1 Å². The Balaban J connectivity index is 2.57. The second-order valence-corrected chi connectivity index (χ2v) is 3.46. The second-order valence-electron chi connectivity index (χ2n) is 3.46. The van der Waals surface area contributed by atoms with Gasteiger partial charge in [0, 0.05) is 12.2 Å². The summed E-state index contributed by atoms with van der Waals surface area (Å²) in [6.07, 6.45) is 3.93. The lowest BCUT2D eigenvalue weighted by Gasteiger charge is -2.15. The fourth-order valence-corrected chi connectivity index (χ4v) is 1.56. The third kappa shape index (κ3) is 3.34. The molecule has 0 aliphatic carbocycles. The van der Waals surface area contributed by atoms with Crippen LogP contribution in [0.25, 0.3) is 0 Å². The van der Waals surface area contributed by atoms with E-state index in [2.05, 4.69) is 24.1 Å². The molecule has 0 aliphatic rings. The lowest BCUT2D eigenvalue weighted by molar-refractivity contribution is 0.510. The molecule has 1 aromatic heterocycles. The molecule has 0 aliphatic heterocycles. The highest BCUT2D eigenvalue weighted by Crippen LogP contribution is 2.07. The highest BCUT2D eigenvalue weighted by molar-refractivity contribution is 5.32. The predicted octanol–water partition coefficient (Wildman–Crippen LogP) is 1.59. The van der Waals surface area contributed by atoms with Crippen molar-refractivity contribution in [1.82, 2.24) is 10.3 Å². The number of nitrogens with two attached hydrogens (primary N) is 1. The molecule has 1 atom stereocenters. The van der Waals surface area contributed by atoms with Crippen LogP contribution in [0, 0.1) is 0 Å². The fraction of sp³-hybridized carbons (Fsp3) is 0.545. The highest BCUT2D eigenvalue weighted by atomic mass is 14.9. The van der Waals surface area contributed by atoms with Crippen molar-refractivity contribution >= 4 is 5.82 Å². The molecular weight excluding hydrogens is 174 g/mol. The predicted molar refractivity (Wildman–Crippen MR) is 60.1 cm³/mol. The van der Waals surface area contributed by atoms with Gasteiger partial charge in [-0.3, -0.25) is 0 Å². The largest absolute Gasteiger partial charge is 0.384 e. The molecule has 3 heteroatoms. The summed E-state index contributed by atoms with van der Waals surface area (Å²) in [5.41, 5.74) is 6.87. The van der Waals surface area contributed by atoms with E-state index in [9.17, 15) is 0 Å². The van der Waals surface area contributed by atoms with E-state index in [1.54, 1.807) is 6.20 Å². The molecule has 3 nitrogen and oxygen atoms in total. The monoisotopic (exact) mass is 193 g/mol. The summed E-state index contributed by atoms with van der Waals surface area (Å²) >= 11 is 0. The number of rotatable bonds is 5. The number of aromatic nitrogens is 1. The van der Waals surface area contributed by atoms with E-state index in [4.69, 9.17) is 5.73 Å². The average molecular weight is 193 g/mol. The minimum absolute atomic E-state index is 0.543. The Labute approximate surface area is 85.7 Å². The van der Waals surface area contributed by atoms with Gasteiger partial charge in [0.2, 0.25) is 0 Å². The molecule has 78 valence electrons. The van der Waals surface area contributed by atoms with Gasteiger partial charge in [0.15, 0.2) is 0 Å². The maximum Gasteiger partial charge on any atom is 0.123 e. The summed E-state index contributed by atoms with van der Waals surface area (Å²) in [6, 6.07) is 4.51. The van der Waals surface area contributed by atoms with Gasteiger partial charge in [-0.25, -0.2) is 4.98 Å². The van der Waals surface area contributed by atoms with Crippen LogP contribution in [0.3, 0.4) is 0 Å². The summed E-state index contributed by atoms with van der Waals surface area (Å²) in [4.78, 5) is 3.98. The minimum atomic E-state index is 0.543. The number of pyridine rings is 1. The number of nitrogens with one attached hydrogen (secondary N) is 1.